The van der Waals surface area contributed by atoms with E-state index in [1.165, 1.54) is 0 Å². The summed E-state index contributed by atoms with van der Waals surface area (Å²) in [5, 5.41) is 0. The molecule has 0 N–H and O–H groups in total. The highest BCUT2D eigenvalue weighted by Crippen LogP contribution is 2.30. The van der Waals surface area contributed by atoms with Gasteiger partial charge in [-0.1, -0.05) is 12.1 Å². The first-order valence-corrected chi connectivity index (χ1v) is 7.72. The van der Waals surface area contributed by atoms with Crippen LogP contribution in [-0.2, 0) is 9.59 Å². The van der Waals surface area contributed by atoms with Crippen LogP contribution in [0.15, 0.2) is 18.2 Å². The van der Waals surface area contributed by atoms with Crippen LogP contribution >= 0.6 is 0 Å². The second-order valence-electron chi connectivity index (χ2n) is 6.23. The molecule has 4 heteroatoms. The van der Waals surface area contributed by atoms with Gasteiger partial charge >= 0.3 is 0 Å². The molecule has 4 nitrogen and oxygen atoms in total. The molecule has 3 rings (SSSR count). The van der Waals surface area contributed by atoms with E-state index in [0.717, 1.165) is 42.7 Å². The highest BCUT2D eigenvalue weighted by molar-refractivity contribution is 6.00. The maximum absolute atomic E-state index is 12.5. The van der Waals surface area contributed by atoms with E-state index in [0.29, 0.717) is 13.0 Å². The molecule has 1 aromatic carbocycles. The lowest BCUT2D eigenvalue weighted by atomic mass is 10.1. The Morgan fingerprint density at radius 1 is 1.19 bits per heavy atom. The fourth-order valence-corrected chi connectivity index (χ4v) is 3.31. The Morgan fingerprint density at radius 2 is 1.90 bits per heavy atom. The Morgan fingerprint density at radius 3 is 2.62 bits per heavy atom. The zero-order chi connectivity index (χ0) is 15.0. The van der Waals surface area contributed by atoms with E-state index in [-0.39, 0.29) is 17.7 Å². The van der Waals surface area contributed by atoms with E-state index in [1.807, 2.05) is 36.9 Å². The fourth-order valence-electron chi connectivity index (χ4n) is 3.31. The first kappa shape index (κ1) is 14.1. The van der Waals surface area contributed by atoms with Gasteiger partial charge in [0.05, 0.1) is 5.92 Å². The van der Waals surface area contributed by atoms with Gasteiger partial charge in [-0.05, 0) is 43.9 Å². The average Bonchev–Trinajstić information content (AvgIpc) is 3.10. The Labute approximate surface area is 125 Å². The molecule has 1 atom stereocenters. The average molecular weight is 286 g/mol. The van der Waals surface area contributed by atoms with Crippen LogP contribution in [0.5, 0.6) is 0 Å². The maximum atomic E-state index is 12.5. The van der Waals surface area contributed by atoms with Gasteiger partial charge in [-0.15, -0.1) is 0 Å². The molecule has 0 spiro atoms. The normalized spacial score (nSPS) is 22.2. The summed E-state index contributed by atoms with van der Waals surface area (Å²) < 4.78 is 0. The van der Waals surface area contributed by atoms with Crippen molar-refractivity contribution in [3.63, 3.8) is 0 Å². The molecule has 2 fully saturated rings. The van der Waals surface area contributed by atoms with Gasteiger partial charge in [0, 0.05) is 31.7 Å². The van der Waals surface area contributed by atoms with Crippen molar-refractivity contribution >= 4 is 17.5 Å². The summed E-state index contributed by atoms with van der Waals surface area (Å²) in [6.07, 6.45) is 2.53. The van der Waals surface area contributed by atoms with Crippen LogP contribution in [0, 0.1) is 19.8 Å². The molecule has 21 heavy (non-hydrogen) atoms. The number of likely N-dealkylation sites (tertiary alicyclic amines) is 1. The molecule has 2 heterocycles. The number of nitrogens with zero attached hydrogens (tertiary/aromatic N) is 2. The summed E-state index contributed by atoms with van der Waals surface area (Å²) in [4.78, 5) is 28.5. The lowest BCUT2D eigenvalue weighted by molar-refractivity contribution is -0.134. The van der Waals surface area contributed by atoms with Gasteiger partial charge in [0.15, 0.2) is 0 Å². The van der Waals surface area contributed by atoms with E-state index >= 15 is 0 Å². The SMILES string of the molecule is Cc1ccc(C)c(N2C[C@@H](C(=O)N3CCCC3)CC2=O)c1. The monoisotopic (exact) mass is 286 g/mol. The van der Waals surface area contributed by atoms with Gasteiger partial charge < -0.3 is 9.80 Å². The van der Waals surface area contributed by atoms with Gasteiger partial charge in [-0.2, -0.15) is 0 Å². The zero-order valence-corrected chi connectivity index (χ0v) is 12.8. The zero-order valence-electron chi connectivity index (χ0n) is 12.8. The molecule has 1 aromatic rings. The molecule has 0 radical (unpaired) electrons. The van der Waals surface area contributed by atoms with Crippen LogP contribution < -0.4 is 4.90 Å². The Balaban J connectivity index is 1.78. The molecule has 0 unspecified atom stereocenters. The van der Waals surface area contributed by atoms with Crippen molar-refractivity contribution in [2.24, 2.45) is 5.92 Å². The smallest absolute Gasteiger partial charge is 0.228 e. The minimum atomic E-state index is -0.171. The maximum Gasteiger partial charge on any atom is 0.228 e. The molecule has 0 aromatic heterocycles. The summed E-state index contributed by atoms with van der Waals surface area (Å²) in [6, 6.07) is 6.12. The van der Waals surface area contributed by atoms with Crippen LogP contribution in [0.3, 0.4) is 0 Å². The van der Waals surface area contributed by atoms with Crippen LogP contribution in [0.1, 0.15) is 30.4 Å². The van der Waals surface area contributed by atoms with E-state index in [9.17, 15) is 9.59 Å². The Hall–Kier alpha value is -1.84. The van der Waals surface area contributed by atoms with Gasteiger partial charge in [-0.3, -0.25) is 9.59 Å². The number of hydrogen-bond acceptors (Lipinski definition) is 2. The quantitative estimate of drug-likeness (QED) is 0.837. The molecule has 0 saturated carbocycles. The number of amides is 2. The molecular weight excluding hydrogens is 264 g/mol. The number of benzene rings is 1. The number of aryl methyl sites for hydroxylation is 2. The van der Waals surface area contributed by atoms with Crippen molar-refractivity contribution in [3.05, 3.63) is 29.3 Å². The van der Waals surface area contributed by atoms with Crippen molar-refractivity contribution in [1.82, 2.24) is 4.90 Å². The van der Waals surface area contributed by atoms with E-state index in [2.05, 4.69) is 0 Å². The highest BCUT2D eigenvalue weighted by atomic mass is 16.2. The molecule has 112 valence electrons. The molecule has 0 bridgehead atoms. The van der Waals surface area contributed by atoms with E-state index in [1.54, 1.807) is 4.90 Å². The Kier molecular flexibility index (Phi) is 3.70. The van der Waals surface area contributed by atoms with E-state index in [4.69, 9.17) is 0 Å². The molecule has 2 aliphatic rings. The minimum Gasteiger partial charge on any atom is -0.342 e. The molecule has 0 aliphatic carbocycles. The Bertz CT molecular complexity index is 576. The molecule has 2 saturated heterocycles. The summed E-state index contributed by atoms with van der Waals surface area (Å²) in [6.45, 7) is 6.27. The third-order valence-corrected chi connectivity index (χ3v) is 4.55. The van der Waals surface area contributed by atoms with Crippen LogP contribution in [0.25, 0.3) is 0 Å². The van der Waals surface area contributed by atoms with Gasteiger partial charge in [-0.25, -0.2) is 0 Å². The largest absolute Gasteiger partial charge is 0.342 e. The van der Waals surface area contributed by atoms with Crippen molar-refractivity contribution < 1.29 is 9.59 Å². The number of carbonyl (C=O) groups is 2. The van der Waals surface area contributed by atoms with Crippen LogP contribution in [0.2, 0.25) is 0 Å². The number of rotatable bonds is 2. The number of hydrogen-bond donors (Lipinski definition) is 0. The van der Waals surface area contributed by atoms with Gasteiger partial charge in [0.25, 0.3) is 0 Å². The fraction of sp³-hybridized carbons (Fsp3) is 0.529. The predicted octanol–water partition coefficient (Wildman–Crippen LogP) is 2.28. The summed E-state index contributed by atoms with van der Waals surface area (Å²) in [5.41, 5.74) is 3.18. The predicted molar refractivity (Wildman–Crippen MR) is 82.2 cm³/mol. The summed E-state index contributed by atoms with van der Waals surface area (Å²) in [5.74, 6) is 0.0606. The van der Waals surface area contributed by atoms with Crippen molar-refractivity contribution in [3.8, 4) is 0 Å². The topological polar surface area (TPSA) is 40.6 Å². The molecule has 2 amide bonds. The minimum absolute atomic E-state index is 0.0706. The first-order chi connectivity index (χ1) is 10.1. The summed E-state index contributed by atoms with van der Waals surface area (Å²) >= 11 is 0. The third kappa shape index (κ3) is 2.67. The third-order valence-electron chi connectivity index (χ3n) is 4.55. The second-order valence-corrected chi connectivity index (χ2v) is 6.23. The number of anilines is 1. The van der Waals surface area contributed by atoms with Gasteiger partial charge in [0.1, 0.15) is 0 Å². The van der Waals surface area contributed by atoms with E-state index < -0.39 is 0 Å². The first-order valence-electron chi connectivity index (χ1n) is 7.72. The van der Waals surface area contributed by atoms with Crippen molar-refractivity contribution in [1.29, 1.82) is 0 Å². The van der Waals surface area contributed by atoms with Crippen LogP contribution in [-0.4, -0.2) is 36.3 Å². The second kappa shape index (κ2) is 5.51. The molecular formula is C17H22N2O2. The van der Waals surface area contributed by atoms with Gasteiger partial charge in [0.2, 0.25) is 11.8 Å². The summed E-state index contributed by atoms with van der Waals surface area (Å²) in [7, 11) is 0. The lowest BCUT2D eigenvalue weighted by Gasteiger charge is -2.22. The lowest BCUT2D eigenvalue weighted by Crippen LogP contribution is -2.35. The number of carbonyl (C=O) groups excluding carboxylic acids is 2. The van der Waals surface area contributed by atoms with Crippen molar-refractivity contribution in [2.75, 3.05) is 24.5 Å². The van der Waals surface area contributed by atoms with Crippen LogP contribution in [0.4, 0.5) is 5.69 Å². The standard InChI is InChI=1S/C17H22N2O2/c1-12-5-6-13(2)15(9-12)19-11-14(10-16(19)20)17(21)18-7-3-4-8-18/h5-6,9,14H,3-4,7-8,10-11H2,1-2H3/t14-/m0/s1. The molecule has 2 aliphatic heterocycles. The van der Waals surface area contributed by atoms with Crippen molar-refractivity contribution in [2.45, 2.75) is 33.1 Å². The highest BCUT2D eigenvalue weighted by Gasteiger charge is 2.38.